The number of nitrogens with one attached hydrogen (secondary N) is 1. The number of rotatable bonds is 4. The molecule has 7 heteroatoms. The van der Waals surface area contributed by atoms with Crippen molar-refractivity contribution in [1.29, 1.82) is 0 Å². The lowest BCUT2D eigenvalue weighted by Gasteiger charge is -2.25. The monoisotopic (exact) mass is 405 g/mol. The van der Waals surface area contributed by atoms with Crippen LogP contribution in [0.1, 0.15) is 69.4 Å². The molecule has 1 saturated heterocycles. The van der Waals surface area contributed by atoms with Crippen LogP contribution in [0.15, 0.2) is 16.9 Å². The molecule has 6 nitrogen and oxygen atoms in total. The fraction of sp³-hybridized carbons (Fsp3) is 0.619. The van der Waals surface area contributed by atoms with Crippen molar-refractivity contribution in [3.05, 3.63) is 39.4 Å². The summed E-state index contributed by atoms with van der Waals surface area (Å²) < 4.78 is 22.6. The van der Waals surface area contributed by atoms with E-state index in [1.807, 2.05) is 46.8 Å². The molecule has 0 bridgehead atoms. The van der Waals surface area contributed by atoms with Crippen molar-refractivity contribution in [2.24, 2.45) is 7.05 Å². The number of fused-ring (bicyclic) bond motifs is 1. The Kier molecular flexibility index (Phi) is 6.08. The van der Waals surface area contributed by atoms with E-state index in [0.717, 1.165) is 29.8 Å². The average Bonchev–Trinajstić information content (AvgIpc) is 2.64. The standard InChI is InChI=1S/C21H31N3O3S/c1-13-11-16(14(2)23-28(26)21(3,4)5)18-17(12-13)20(25)24(6)19(22-18)15-7-9-27-10-8-15/h11-12,14-15,23H,7-10H2,1-6H3/t14-,28-/m1/s1. The molecule has 1 fully saturated rings. The van der Waals surface area contributed by atoms with E-state index in [1.54, 1.807) is 11.6 Å². The molecule has 1 aromatic carbocycles. The van der Waals surface area contributed by atoms with Gasteiger partial charge in [0.05, 0.1) is 26.6 Å². The maximum atomic E-state index is 13.1. The van der Waals surface area contributed by atoms with Gasteiger partial charge in [0.2, 0.25) is 0 Å². The van der Waals surface area contributed by atoms with Crippen LogP contribution < -0.4 is 10.3 Å². The van der Waals surface area contributed by atoms with Gasteiger partial charge in [0.1, 0.15) is 5.82 Å². The van der Waals surface area contributed by atoms with Crippen LogP contribution in [-0.4, -0.2) is 31.7 Å². The summed E-state index contributed by atoms with van der Waals surface area (Å²) in [5, 5.41) is 0.614. The second kappa shape index (κ2) is 8.05. The molecule has 154 valence electrons. The summed E-state index contributed by atoms with van der Waals surface area (Å²) in [4.78, 5) is 18.1. The molecule has 0 amide bonds. The highest BCUT2D eigenvalue weighted by atomic mass is 32.2. The molecule has 0 unspecified atom stereocenters. The van der Waals surface area contributed by atoms with Crippen molar-refractivity contribution in [3.8, 4) is 0 Å². The Morgan fingerprint density at radius 2 is 1.93 bits per heavy atom. The Balaban J connectivity index is 2.13. The zero-order valence-electron chi connectivity index (χ0n) is 17.7. The van der Waals surface area contributed by atoms with E-state index in [0.29, 0.717) is 24.1 Å². The van der Waals surface area contributed by atoms with Crippen LogP contribution in [0.25, 0.3) is 10.9 Å². The van der Waals surface area contributed by atoms with Crippen LogP contribution in [0.2, 0.25) is 0 Å². The Bertz CT molecular complexity index is 956. The van der Waals surface area contributed by atoms with Crippen LogP contribution in [0.5, 0.6) is 0 Å². The second-order valence-corrected chi connectivity index (χ2v) is 10.7. The highest BCUT2D eigenvalue weighted by Crippen LogP contribution is 2.29. The van der Waals surface area contributed by atoms with E-state index in [1.165, 1.54) is 0 Å². The van der Waals surface area contributed by atoms with Crippen molar-refractivity contribution in [3.63, 3.8) is 0 Å². The average molecular weight is 406 g/mol. The first kappa shape index (κ1) is 21.1. The van der Waals surface area contributed by atoms with Crippen molar-refractivity contribution in [2.75, 3.05) is 13.2 Å². The smallest absolute Gasteiger partial charge is 0.261 e. The molecule has 3 rings (SSSR count). The van der Waals surface area contributed by atoms with Crippen LogP contribution in [-0.2, 0) is 22.8 Å². The van der Waals surface area contributed by atoms with Gasteiger partial charge < -0.3 is 4.74 Å². The lowest BCUT2D eigenvalue weighted by molar-refractivity contribution is 0.0828. The molecule has 1 aromatic heterocycles. The van der Waals surface area contributed by atoms with Gasteiger partial charge in [0.15, 0.2) is 0 Å². The molecule has 2 heterocycles. The Hall–Kier alpha value is -1.57. The molecule has 2 aromatic rings. The summed E-state index contributed by atoms with van der Waals surface area (Å²) in [7, 11) is 0.589. The molecule has 1 aliphatic heterocycles. The maximum absolute atomic E-state index is 13.1. The van der Waals surface area contributed by atoms with Gasteiger partial charge in [-0.3, -0.25) is 9.36 Å². The van der Waals surface area contributed by atoms with Crippen LogP contribution >= 0.6 is 0 Å². The van der Waals surface area contributed by atoms with Gasteiger partial charge in [-0.2, -0.15) is 0 Å². The molecule has 28 heavy (non-hydrogen) atoms. The molecular weight excluding hydrogens is 374 g/mol. The van der Waals surface area contributed by atoms with Crippen LogP contribution in [0.4, 0.5) is 0 Å². The van der Waals surface area contributed by atoms with Crippen LogP contribution in [0.3, 0.4) is 0 Å². The summed E-state index contributed by atoms with van der Waals surface area (Å²) in [5.74, 6) is 1.03. The van der Waals surface area contributed by atoms with Gasteiger partial charge in [-0.05, 0) is 64.7 Å². The Morgan fingerprint density at radius 3 is 2.54 bits per heavy atom. The van der Waals surface area contributed by atoms with Gasteiger partial charge >= 0.3 is 0 Å². The van der Waals surface area contributed by atoms with Crippen molar-refractivity contribution in [2.45, 2.75) is 64.2 Å². The summed E-state index contributed by atoms with van der Waals surface area (Å²) in [6.07, 6.45) is 1.74. The quantitative estimate of drug-likeness (QED) is 0.847. The van der Waals surface area contributed by atoms with E-state index >= 15 is 0 Å². The van der Waals surface area contributed by atoms with Gasteiger partial charge in [0.25, 0.3) is 5.56 Å². The second-order valence-electron chi connectivity index (χ2n) is 8.69. The number of ether oxygens (including phenoxy) is 1. The predicted octanol–water partition coefficient (Wildman–Crippen LogP) is 3.25. The maximum Gasteiger partial charge on any atom is 0.261 e. The number of nitrogens with zero attached hydrogens (tertiary/aromatic N) is 2. The van der Waals surface area contributed by atoms with Crippen molar-refractivity contribution in [1.82, 2.24) is 14.3 Å². The minimum Gasteiger partial charge on any atom is -0.381 e. The van der Waals surface area contributed by atoms with E-state index < -0.39 is 11.0 Å². The number of hydrogen-bond acceptors (Lipinski definition) is 4. The number of aryl methyl sites for hydroxylation is 1. The molecule has 0 spiro atoms. The van der Waals surface area contributed by atoms with Gasteiger partial charge in [-0.15, -0.1) is 0 Å². The molecule has 2 atom stereocenters. The SMILES string of the molecule is Cc1cc([C@@H](C)N[S@](=O)C(C)(C)C)c2nc(C3CCOCC3)n(C)c(=O)c2c1. The zero-order chi connectivity index (χ0) is 20.6. The number of benzene rings is 1. The van der Waals surface area contributed by atoms with Crippen molar-refractivity contribution >= 4 is 21.9 Å². The highest BCUT2D eigenvalue weighted by Gasteiger charge is 2.25. The fourth-order valence-corrected chi connectivity index (χ4v) is 4.42. The molecule has 0 radical (unpaired) electrons. The summed E-state index contributed by atoms with van der Waals surface area (Å²) >= 11 is 0. The fourth-order valence-electron chi connectivity index (χ4n) is 3.62. The number of aromatic nitrogens is 2. The Labute approximate surface area is 169 Å². The minimum absolute atomic E-state index is 0.0272. The van der Waals surface area contributed by atoms with Gasteiger partial charge in [-0.1, -0.05) is 6.07 Å². The summed E-state index contributed by atoms with van der Waals surface area (Å²) in [5.41, 5.74) is 2.59. The third-order valence-electron chi connectivity index (χ3n) is 5.28. The largest absolute Gasteiger partial charge is 0.381 e. The van der Waals surface area contributed by atoms with E-state index in [-0.39, 0.29) is 22.3 Å². The zero-order valence-corrected chi connectivity index (χ0v) is 18.5. The lowest BCUT2D eigenvalue weighted by atomic mass is 9.97. The van der Waals surface area contributed by atoms with Crippen LogP contribution in [0, 0.1) is 6.92 Å². The molecule has 1 N–H and O–H groups in total. The number of hydrogen-bond donors (Lipinski definition) is 1. The predicted molar refractivity (Wildman–Crippen MR) is 114 cm³/mol. The molecule has 0 aliphatic carbocycles. The van der Waals surface area contributed by atoms with Crippen molar-refractivity contribution < 1.29 is 8.95 Å². The lowest BCUT2D eigenvalue weighted by Crippen LogP contribution is -2.35. The first-order valence-electron chi connectivity index (χ1n) is 9.86. The van der Waals surface area contributed by atoms with Gasteiger partial charge in [0, 0.05) is 32.2 Å². The first-order valence-corrected chi connectivity index (χ1v) is 11.0. The molecule has 0 saturated carbocycles. The minimum atomic E-state index is -1.21. The first-order chi connectivity index (χ1) is 13.1. The third kappa shape index (κ3) is 4.21. The normalized spacial score (nSPS) is 18.4. The third-order valence-corrected chi connectivity index (χ3v) is 6.96. The van der Waals surface area contributed by atoms with E-state index in [2.05, 4.69) is 4.72 Å². The summed E-state index contributed by atoms with van der Waals surface area (Å²) in [6.45, 7) is 11.2. The molecular formula is C21H31N3O3S. The summed E-state index contributed by atoms with van der Waals surface area (Å²) in [6, 6.07) is 3.75. The van der Waals surface area contributed by atoms with E-state index in [4.69, 9.17) is 9.72 Å². The topological polar surface area (TPSA) is 73.2 Å². The highest BCUT2D eigenvalue weighted by molar-refractivity contribution is 7.84. The van der Waals surface area contributed by atoms with Gasteiger partial charge in [-0.25, -0.2) is 13.9 Å². The van der Waals surface area contributed by atoms with E-state index in [9.17, 15) is 9.00 Å². The Morgan fingerprint density at radius 1 is 1.29 bits per heavy atom. The molecule has 1 aliphatic rings.